The van der Waals surface area contributed by atoms with Crippen LogP contribution >= 0.6 is 0 Å². The van der Waals surface area contributed by atoms with Crippen LogP contribution in [0.2, 0.25) is 0 Å². The largest absolute Gasteiger partial charge is 0.481 e. The van der Waals surface area contributed by atoms with Gasteiger partial charge in [-0.1, -0.05) is 70.4 Å². The van der Waals surface area contributed by atoms with Gasteiger partial charge in [-0.15, -0.1) is 0 Å². The van der Waals surface area contributed by atoms with Crippen LogP contribution in [0.1, 0.15) is 110 Å². The Morgan fingerprint density at radius 1 is 0.633 bits per heavy atom. The second-order valence-corrected chi connectivity index (χ2v) is 7.93. The Hall–Kier alpha value is -1.85. The average molecular weight is 425 g/mol. The number of allylic oxidation sites excluding steroid dienone is 2. The van der Waals surface area contributed by atoms with Crippen molar-refractivity contribution < 1.29 is 19.5 Å². The molecule has 30 heavy (non-hydrogen) atoms. The predicted molar refractivity (Wildman–Crippen MR) is 122 cm³/mol. The van der Waals surface area contributed by atoms with E-state index in [1.165, 1.54) is 57.8 Å². The van der Waals surface area contributed by atoms with Gasteiger partial charge in [0, 0.05) is 25.9 Å². The zero-order valence-corrected chi connectivity index (χ0v) is 19.1. The molecular formula is C24H44N2O4. The third-order valence-corrected chi connectivity index (χ3v) is 5.00. The van der Waals surface area contributed by atoms with Crippen LogP contribution in [0, 0.1) is 0 Å². The van der Waals surface area contributed by atoms with Crippen LogP contribution in [0.4, 0.5) is 0 Å². The second-order valence-electron chi connectivity index (χ2n) is 7.93. The number of nitrogens with one attached hydrogen (secondary N) is 2. The summed E-state index contributed by atoms with van der Waals surface area (Å²) in [6.45, 7) is 2.96. The number of unbranched alkanes of at least 4 members (excludes halogenated alkanes) is 11. The van der Waals surface area contributed by atoms with Crippen molar-refractivity contribution in [2.24, 2.45) is 0 Å². The molecule has 0 aliphatic heterocycles. The molecule has 0 rings (SSSR count). The van der Waals surface area contributed by atoms with E-state index in [4.69, 9.17) is 5.11 Å². The first kappa shape index (κ1) is 28.1. The molecule has 174 valence electrons. The number of hydrogen-bond donors (Lipinski definition) is 3. The van der Waals surface area contributed by atoms with E-state index in [1.54, 1.807) is 0 Å². The molecule has 6 nitrogen and oxygen atoms in total. The molecular weight excluding hydrogens is 380 g/mol. The van der Waals surface area contributed by atoms with Gasteiger partial charge in [-0.2, -0.15) is 0 Å². The summed E-state index contributed by atoms with van der Waals surface area (Å²) in [4.78, 5) is 33.4. The molecule has 0 unspecified atom stereocenters. The molecule has 0 saturated heterocycles. The van der Waals surface area contributed by atoms with Gasteiger partial charge >= 0.3 is 5.97 Å². The number of carbonyl (C=O) groups excluding carboxylic acids is 2. The van der Waals surface area contributed by atoms with Crippen molar-refractivity contribution in [3.8, 4) is 0 Å². The normalized spacial score (nSPS) is 11.0. The van der Waals surface area contributed by atoms with E-state index in [1.807, 2.05) is 0 Å². The highest BCUT2D eigenvalue weighted by atomic mass is 16.4. The number of aliphatic carboxylic acids is 1. The second kappa shape index (κ2) is 21.8. The van der Waals surface area contributed by atoms with Crippen LogP contribution in [-0.2, 0) is 14.4 Å². The smallest absolute Gasteiger partial charge is 0.303 e. The summed E-state index contributed by atoms with van der Waals surface area (Å²) in [5.41, 5.74) is 0. The average Bonchev–Trinajstić information content (AvgIpc) is 2.72. The Balaban J connectivity index is 3.32. The van der Waals surface area contributed by atoms with Crippen LogP contribution < -0.4 is 10.6 Å². The summed E-state index contributed by atoms with van der Waals surface area (Å²) < 4.78 is 0. The van der Waals surface area contributed by atoms with Gasteiger partial charge in [0.25, 0.3) is 0 Å². The van der Waals surface area contributed by atoms with Crippen molar-refractivity contribution in [2.45, 2.75) is 110 Å². The molecule has 0 aromatic rings. The lowest BCUT2D eigenvalue weighted by atomic mass is 10.1. The van der Waals surface area contributed by atoms with Crippen LogP contribution in [0.3, 0.4) is 0 Å². The molecule has 0 saturated carbocycles. The number of rotatable bonds is 21. The summed E-state index contributed by atoms with van der Waals surface area (Å²) in [5, 5.41) is 13.9. The number of carboxylic acids is 1. The van der Waals surface area contributed by atoms with Gasteiger partial charge in [0.15, 0.2) is 0 Å². The fraction of sp³-hybridized carbons (Fsp3) is 0.792. The van der Waals surface area contributed by atoms with E-state index < -0.39 is 5.97 Å². The number of amides is 2. The van der Waals surface area contributed by atoms with Crippen molar-refractivity contribution in [1.82, 2.24) is 10.6 Å². The number of hydrogen-bond acceptors (Lipinski definition) is 3. The van der Waals surface area contributed by atoms with E-state index >= 15 is 0 Å². The van der Waals surface area contributed by atoms with E-state index in [9.17, 15) is 14.4 Å². The molecule has 0 bridgehead atoms. The minimum absolute atomic E-state index is 0.00686. The highest BCUT2D eigenvalue weighted by molar-refractivity contribution is 5.80. The quantitative estimate of drug-likeness (QED) is 0.176. The van der Waals surface area contributed by atoms with E-state index in [0.717, 1.165) is 25.7 Å². The van der Waals surface area contributed by atoms with Gasteiger partial charge in [0.1, 0.15) is 0 Å². The Morgan fingerprint density at radius 2 is 1.10 bits per heavy atom. The van der Waals surface area contributed by atoms with Crippen molar-refractivity contribution in [1.29, 1.82) is 0 Å². The van der Waals surface area contributed by atoms with Gasteiger partial charge in [0.2, 0.25) is 11.8 Å². The summed E-state index contributed by atoms with van der Waals surface area (Å²) in [6, 6.07) is 0. The fourth-order valence-corrected chi connectivity index (χ4v) is 3.16. The SMILES string of the molecule is CCCCCCCCC=CCCCCCCCC(=O)NCCNC(=O)CCC(=O)O. The zero-order chi connectivity index (χ0) is 22.3. The van der Waals surface area contributed by atoms with Crippen LogP contribution in [0.15, 0.2) is 12.2 Å². The Bertz CT molecular complexity index is 478. The third kappa shape index (κ3) is 22.4. The first-order valence-electron chi connectivity index (χ1n) is 12.0. The Morgan fingerprint density at radius 3 is 1.63 bits per heavy atom. The van der Waals surface area contributed by atoms with Crippen LogP contribution in [-0.4, -0.2) is 36.0 Å². The van der Waals surface area contributed by atoms with Gasteiger partial charge in [0.05, 0.1) is 6.42 Å². The molecule has 0 aliphatic rings. The highest BCUT2D eigenvalue weighted by Gasteiger charge is 2.05. The monoisotopic (exact) mass is 424 g/mol. The van der Waals surface area contributed by atoms with Crippen molar-refractivity contribution >= 4 is 17.8 Å². The third-order valence-electron chi connectivity index (χ3n) is 5.00. The fourth-order valence-electron chi connectivity index (χ4n) is 3.16. The topological polar surface area (TPSA) is 95.5 Å². The number of carbonyl (C=O) groups is 3. The summed E-state index contributed by atoms with van der Waals surface area (Å²) in [5.74, 6) is -1.28. The Kier molecular flexibility index (Phi) is 20.5. The lowest BCUT2D eigenvalue weighted by Gasteiger charge is -2.07. The minimum atomic E-state index is -0.988. The molecule has 2 amide bonds. The molecule has 0 radical (unpaired) electrons. The van der Waals surface area contributed by atoms with Crippen molar-refractivity contribution in [3.63, 3.8) is 0 Å². The van der Waals surface area contributed by atoms with E-state index in [-0.39, 0.29) is 24.7 Å². The van der Waals surface area contributed by atoms with Gasteiger partial charge in [-0.25, -0.2) is 0 Å². The predicted octanol–water partition coefficient (Wildman–Crippen LogP) is 5.12. The van der Waals surface area contributed by atoms with Crippen molar-refractivity contribution in [3.05, 3.63) is 12.2 Å². The summed E-state index contributed by atoms with van der Waals surface area (Å²) in [7, 11) is 0. The highest BCUT2D eigenvalue weighted by Crippen LogP contribution is 2.09. The zero-order valence-electron chi connectivity index (χ0n) is 19.1. The molecule has 0 heterocycles. The standard InChI is InChI=1S/C24H44N2O4/c1-2-3-4-5-6-7-8-9-10-11-12-13-14-15-16-17-22(27)25-20-21-26-23(28)18-19-24(29)30/h9-10H,2-8,11-21H2,1H3,(H,25,27)(H,26,28)(H,29,30). The lowest BCUT2D eigenvalue weighted by molar-refractivity contribution is -0.138. The van der Waals surface area contributed by atoms with Gasteiger partial charge in [-0.3, -0.25) is 14.4 Å². The van der Waals surface area contributed by atoms with E-state index in [0.29, 0.717) is 19.5 Å². The van der Waals surface area contributed by atoms with Crippen LogP contribution in [0.25, 0.3) is 0 Å². The molecule has 0 fully saturated rings. The number of carboxylic acid groups (broad SMARTS) is 1. The minimum Gasteiger partial charge on any atom is -0.481 e. The maximum atomic E-state index is 11.7. The van der Waals surface area contributed by atoms with Gasteiger partial charge in [-0.05, 0) is 32.1 Å². The van der Waals surface area contributed by atoms with Crippen molar-refractivity contribution in [2.75, 3.05) is 13.1 Å². The maximum absolute atomic E-state index is 11.7. The molecule has 0 spiro atoms. The molecule has 0 aromatic carbocycles. The molecule has 3 N–H and O–H groups in total. The molecule has 6 heteroatoms. The summed E-state index contributed by atoms with van der Waals surface area (Å²) in [6.07, 6.45) is 21.0. The molecule has 0 aliphatic carbocycles. The van der Waals surface area contributed by atoms with E-state index in [2.05, 4.69) is 29.7 Å². The first-order valence-corrected chi connectivity index (χ1v) is 12.0. The van der Waals surface area contributed by atoms with Crippen LogP contribution in [0.5, 0.6) is 0 Å². The first-order chi connectivity index (χ1) is 14.6. The molecule has 0 aromatic heterocycles. The Labute approximate surface area is 183 Å². The lowest BCUT2D eigenvalue weighted by Crippen LogP contribution is -2.34. The maximum Gasteiger partial charge on any atom is 0.303 e. The summed E-state index contributed by atoms with van der Waals surface area (Å²) >= 11 is 0. The molecule has 0 atom stereocenters. The van der Waals surface area contributed by atoms with Gasteiger partial charge < -0.3 is 15.7 Å².